The van der Waals surface area contributed by atoms with Crippen molar-refractivity contribution in [2.45, 2.75) is 33.9 Å². The summed E-state index contributed by atoms with van der Waals surface area (Å²) in [6.45, 7) is 7.10. The van der Waals surface area contributed by atoms with Gasteiger partial charge in [-0.1, -0.05) is 0 Å². The van der Waals surface area contributed by atoms with Crippen molar-refractivity contribution >= 4 is 11.6 Å². The molecular formula is C13H19N5O2. The molecule has 0 aliphatic heterocycles. The fourth-order valence-corrected chi connectivity index (χ4v) is 1.65. The molecule has 2 heterocycles. The Morgan fingerprint density at radius 1 is 1.30 bits per heavy atom. The van der Waals surface area contributed by atoms with Crippen LogP contribution >= 0.6 is 0 Å². The van der Waals surface area contributed by atoms with E-state index >= 15 is 0 Å². The average molecular weight is 277 g/mol. The molecule has 0 bridgehead atoms. The van der Waals surface area contributed by atoms with Crippen molar-refractivity contribution in [3.63, 3.8) is 0 Å². The molecule has 0 atom stereocenters. The minimum atomic E-state index is 0.341. The number of nitrogen functional groups attached to an aromatic ring is 1. The van der Waals surface area contributed by atoms with Crippen LogP contribution in [0.4, 0.5) is 11.6 Å². The van der Waals surface area contributed by atoms with Crippen LogP contribution in [0.1, 0.15) is 30.1 Å². The van der Waals surface area contributed by atoms with Crippen molar-refractivity contribution < 1.29 is 9.15 Å². The number of nitrogens with two attached hydrogens (primary N) is 1. The van der Waals surface area contributed by atoms with Gasteiger partial charge >= 0.3 is 0 Å². The Hall–Kier alpha value is -2.15. The fraction of sp³-hybridized carbons (Fsp3) is 0.462. The molecule has 0 aliphatic rings. The number of ether oxygens (including phenoxy) is 1. The van der Waals surface area contributed by atoms with Gasteiger partial charge in [0.15, 0.2) is 5.82 Å². The van der Waals surface area contributed by atoms with Crippen molar-refractivity contribution in [2.24, 2.45) is 0 Å². The van der Waals surface area contributed by atoms with Gasteiger partial charge in [0.2, 0.25) is 5.89 Å². The van der Waals surface area contributed by atoms with Crippen molar-refractivity contribution in [1.82, 2.24) is 15.0 Å². The van der Waals surface area contributed by atoms with Crippen molar-refractivity contribution in [3.8, 4) is 0 Å². The van der Waals surface area contributed by atoms with E-state index in [1.807, 2.05) is 20.8 Å². The first-order chi connectivity index (χ1) is 9.58. The smallest absolute Gasteiger partial charge is 0.213 e. The summed E-state index contributed by atoms with van der Waals surface area (Å²) in [5.74, 6) is 3.01. The molecule has 0 aromatic carbocycles. The number of aromatic nitrogens is 3. The Balaban J connectivity index is 2.03. The van der Waals surface area contributed by atoms with Crippen LogP contribution in [0, 0.1) is 13.8 Å². The topological polar surface area (TPSA) is 99.1 Å². The highest BCUT2D eigenvalue weighted by Gasteiger charge is 2.07. The third-order valence-electron chi connectivity index (χ3n) is 2.72. The maximum atomic E-state index is 5.74. The van der Waals surface area contributed by atoms with Gasteiger partial charge in [0, 0.05) is 12.7 Å². The molecule has 0 radical (unpaired) electrons. The number of oxazole rings is 1. The van der Waals surface area contributed by atoms with Gasteiger partial charge in [0.1, 0.15) is 24.0 Å². The van der Waals surface area contributed by atoms with Gasteiger partial charge < -0.3 is 20.2 Å². The van der Waals surface area contributed by atoms with Crippen LogP contribution in [0.3, 0.4) is 0 Å². The molecule has 0 spiro atoms. The molecule has 20 heavy (non-hydrogen) atoms. The fourth-order valence-electron chi connectivity index (χ4n) is 1.65. The zero-order valence-corrected chi connectivity index (χ0v) is 11.9. The average Bonchev–Trinajstić information content (AvgIpc) is 2.73. The number of anilines is 2. The number of nitrogens with zero attached hydrogens (tertiary/aromatic N) is 3. The monoisotopic (exact) mass is 277 g/mol. The predicted molar refractivity (Wildman–Crippen MR) is 75.1 cm³/mol. The van der Waals surface area contributed by atoms with Gasteiger partial charge in [-0.25, -0.2) is 15.0 Å². The number of hydrogen-bond donors (Lipinski definition) is 2. The van der Waals surface area contributed by atoms with Crippen LogP contribution < -0.4 is 11.1 Å². The standard InChI is InChI=1S/C13H19N5O2/c1-4-19-7-12-17-10(14)5-11(18-12)15-6-13-16-8(2)9(3)20-13/h5H,4,6-7H2,1-3H3,(H3,14,15,17,18). The zero-order chi connectivity index (χ0) is 14.5. The second kappa shape index (κ2) is 6.33. The molecule has 3 N–H and O–H groups in total. The first-order valence-corrected chi connectivity index (χ1v) is 6.46. The van der Waals surface area contributed by atoms with Gasteiger partial charge in [0.05, 0.1) is 12.2 Å². The minimum Gasteiger partial charge on any atom is -0.444 e. The van der Waals surface area contributed by atoms with Gasteiger partial charge in [-0.2, -0.15) is 0 Å². The lowest BCUT2D eigenvalue weighted by Gasteiger charge is -2.07. The van der Waals surface area contributed by atoms with Crippen molar-refractivity contribution in [1.29, 1.82) is 0 Å². The Labute approximate surface area is 117 Å². The molecule has 2 aromatic rings. The largest absolute Gasteiger partial charge is 0.444 e. The SMILES string of the molecule is CCOCc1nc(N)cc(NCc2nc(C)c(C)o2)n1. The molecule has 0 unspecified atom stereocenters. The molecule has 0 aliphatic carbocycles. The summed E-state index contributed by atoms with van der Waals surface area (Å²) in [6, 6.07) is 1.66. The highest BCUT2D eigenvalue weighted by Crippen LogP contribution is 2.12. The second-order valence-electron chi connectivity index (χ2n) is 4.33. The lowest BCUT2D eigenvalue weighted by Crippen LogP contribution is -2.08. The third-order valence-corrected chi connectivity index (χ3v) is 2.72. The molecule has 7 nitrogen and oxygen atoms in total. The maximum Gasteiger partial charge on any atom is 0.213 e. The predicted octanol–water partition coefficient (Wildman–Crippen LogP) is 1.81. The van der Waals surface area contributed by atoms with E-state index in [1.54, 1.807) is 6.07 Å². The van der Waals surface area contributed by atoms with Crippen LogP contribution in [0.5, 0.6) is 0 Å². The molecule has 108 valence electrons. The number of aryl methyl sites for hydroxylation is 2. The first-order valence-electron chi connectivity index (χ1n) is 6.46. The third kappa shape index (κ3) is 3.67. The lowest BCUT2D eigenvalue weighted by molar-refractivity contribution is 0.128. The molecule has 0 saturated heterocycles. The van der Waals surface area contributed by atoms with E-state index in [1.165, 1.54) is 0 Å². The summed E-state index contributed by atoms with van der Waals surface area (Å²) < 4.78 is 10.8. The Morgan fingerprint density at radius 2 is 2.10 bits per heavy atom. The molecular weight excluding hydrogens is 258 g/mol. The molecule has 7 heteroatoms. The molecule has 0 amide bonds. The first kappa shape index (κ1) is 14.3. The van der Waals surface area contributed by atoms with Crippen LogP contribution in [0.2, 0.25) is 0 Å². The quantitative estimate of drug-likeness (QED) is 0.830. The van der Waals surface area contributed by atoms with Crippen LogP contribution in [-0.2, 0) is 17.9 Å². The Morgan fingerprint density at radius 3 is 2.75 bits per heavy atom. The number of hydrogen-bond acceptors (Lipinski definition) is 7. The van der Waals surface area contributed by atoms with E-state index in [2.05, 4.69) is 20.3 Å². The summed E-state index contributed by atoms with van der Waals surface area (Å²) in [5, 5.41) is 3.12. The van der Waals surface area contributed by atoms with Gasteiger partial charge in [-0.15, -0.1) is 0 Å². The summed E-state index contributed by atoms with van der Waals surface area (Å²) in [4.78, 5) is 12.7. The van der Waals surface area contributed by atoms with Gasteiger partial charge in [-0.3, -0.25) is 0 Å². The highest BCUT2D eigenvalue weighted by atomic mass is 16.5. The number of nitrogens with one attached hydrogen (secondary N) is 1. The van der Waals surface area contributed by atoms with E-state index in [4.69, 9.17) is 14.9 Å². The summed E-state index contributed by atoms with van der Waals surface area (Å²) in [6.07, 6.45) is 0. The van der Waals surface area contributed by atoms with Crippen molar-refractivity contribution in [3.05, 3.63) is 29.2 Å². The zero-order valence-electron chi connectivity index (χ0n) is 11.9. The van der Waals surface area contributed by atoms with E-state index in [9.17, 15) is 0 Å². The Bertz CT molecular complexity index is 563. The Kier molecular flexibility index (Phi) is 4.52. The summed E-state index contributed by atoms with van der Waals surface area (Å²) in [5.41, 5.74) is 6.63. The number of rotatable bonds is 6. The van der Waals surface area contributed by atoms with E-state index in [0.717, 1.165) is 11.5 Å². The molecule has 2 aromatic heterocycles. The lowest BCUT2D eigenvalue weighted by atomic mass is 10.4. The molecule has 0 saturated carbocycles. The van der Waals surface area contributed by atoms with E-state index in [-0.39, 0.29) is 0 Å². The molecule has 0 fully saturated rings. The van der Waals surface area contributed by atoms with Crippen LogP contribution in [-0.4, -0.2) is 21.6 Å². The summed E-state index contributed by atoms with van der Waals surface area (Å²) >= 11 is 0. The van der Waals surface area contributed by atoms with Crippen LogP contribution in [0.25, 0.3) is 0 Å². The minimum absolute atomic E-state index is 0.341. The molecule has 2 rings (SSSR count). The highest BCUT2D eigenvalue weighted by molar-refractivity contribution is 5.44. The maximum absolute atomic E-state index is 5.74. The summed E-state index contributed by atoms with van der Waals surface area (Å²) in [7, 11) is 0. The van der Waals surface area contributed by atoms with E-state index in [0.29, 0.717) is 43.1 Å². The van der Waals surface area contributed by atoms with Gasteiger partial charge in [-0.05, 0) is 20.8 Å². The van der Waals surface area contributed by atoms with Crippen molar-refractivity contribution in [2.75, 3.05) is 17.7 Å². The van der Waals surface area contributed by atoms with Gasteiger partial charge in [0.25, 0.3) is 0 Å². The normalized spacial score (nSPS) is 10.8. The van der Waals surface area contributed by atoms with Crippen LogP contribution in [0.15, 0.2) is 10.5 Å². The second-order valence-corrected chi connectivity index (χ2v) is 4.33. The van der Waals surface area contributed by atoms with E-state index < -0.39 is 0 Å².